The van der Waals surface area contributed by atoms with Crippen LogP contribution in [0, 0.1) is 13.8 Å². The van der Waals surface area contributed by atoms with E-state index in [0.717, 1.165) is 16.8 Å². The van der Waals surface area contributed by atoms with Crippen LogP contribution in [0.5, 0.6) is 0 Å². The van der Waals surface area contributed by atoms with Gasteiger partial charge in [0.15, 0.2) is 0 Å². The van der Waals surface area contributed by atoms with E-state index in [-0.39, 0.29) is 24.9 Å². The van der Waals surface area contributed by atoms with Crippen LogP contribution in [0.1, 0.15) is 27.2 Å². The van der Waals surface area contributed by atoms with E-state index in [2.05, 4.69) is 16.7 Å². The van der Waals surface area contributed by atoms with Gasteiger partial charge in [0, 0.05) is 12.7 Å². The molecule has 1 heterocycles. The molecule has 0 radical (unpaired) electrons. The number of carbonyl (C=O) groups excluding carboxylic acids is 2. The maximum atomic E-state index is 12.6. The van der Waals surface area contributed by atoms with Crippen LogP contribution in [0.4, 0.5) is 11.4 Å². The summed E-state index contributed by atoms with van der Waals surface area (Å²) in [4.78, 5) is 27.0. The highest BCUT2D eigenvalue weighted by Gasteiger charge is 2.15. The molecule has 0 saturated carbocycles. The minimum atomic E-state index is -0.278. The summed E-state index contributed by atoms with van der Waals surface area (Å²) in [6, 6.07) is 16.7. The van der Waals surface area contributed by atoms with Gasteiger partial charge in [0.1, 0.15) is 5.76 Å². The Kier molecular flexibility index (Phi) is 6.34. The van der Waals surface area contributed by atoms with Crippen molar-refractivity contribution in [3.05, 3.63) is 83.3 Å². The molecule has 150 valence electrons. The van der Waals surface area contributed by atoms with Crippen molar-refractivity contribution in [3.8, 4) is 0 Å². The van der Waals surface area contributed by atoms with Gasteiger partial charge in [-0.05, 0) is 61.4 Å². The van der Waals surface area contributed by atoms with Gasteiger partial charge in [0.2, 0.25) is 5.91 Å². The SMILES string of the molecule is Cc1cc(C)cc(N(C)CC(=O)Nc2ccccc2C(=O)NCc2ccco2)c1. The Bertz CT molecular complexity index is 976. The van der Waals surface area contributed by atoms with E-state index in [1.807, 2.05) is 37.9 Å². The lowest BCUT2D eigenvalue weighted by atomic mass is 10.1. The summed E-state index contributed by atoms with van der Waals surface area (Å²) in [5, 5.41) is 5.65. The van der Waals surface area contributed by atoms with Crippen molar-refractivity contribution in [1.29, 1.82) is 0 Å². The van der Waals surface area contributed by atoms with E-state index in [1.165, 1.54) is 0 Å². The van der Waals surface area contributed by atoms with Gasteiger partial charge in [0.25, 0.3) is 5.91 Å². The van der Waals surface area contributed by atoms with Crippen molar-refractivity contribution < 1.29 is 14.0 Å². The Hall–Kier alpha value is -3.54. The fourth-order valence-corrected chi connectivity index (χ4v) is 3.13. The van der Waals surface area contributed by atoms with Gasteiger partial charge >= 0.3 is 0 Å². The lowest BCUT2D eigenvalue weighted by molar-refractivity contribution is -0.114. The number of hydrogen-bond donors (Lipinski definition) is 2. The zero-order valence-electron chi connectivity index (χ0n) is 16.9. The number of furan rings is 1. The van der Waals surface area contributed by atoms with E-state index >= 15 is 0 Å². The molecule has 2 aromatic carbocycles. The molecular formula is C23H25N3O3. The van der Waals surface area contributed by atoms with Gasteiger partial charge in [-0.3, -0.25) is 9.59 Å². The largest absolute Gasteiger partial charge is 0.467 e. The normalized spacial score (nSPS) is 10.4. The number of nitrogens with zero attached hydrogens (tertiary/aromatic N) is 1. The molecule has 3 aromatic rings. The summed E-state index contributed by atoms with van der Waals surface area (Å²) in [5.74, 6) is 0.188. The number of anilines is 2. The molecule has 29 heavy (non-hydrogen) atoms. The van der Waals surface area contributed by atoms with E-state index in [9.17, 15) is 9.59 Å². The van der Waals surface area contributed by atoms with Crippen LogP contribution in [-0.2, 0) is 11.3 Å². The molecule has 2 N–H and O–H groups in total. The van der Waals surface area contributed by atoms with E-state index in [0.29, 0.717) is 17.0 Å². The van der Waals surface area contributed by atoms with Crippen LogP contribution in [0.3, 0.4) is 0 Å². The number of para-hydroxylation sites is 1. The molecule has 6 nitrogen and oxygen atoms in total. The topological polar surface area (TPSA) is 74.6 Å². The number of amides is 2. The first-order chi connectivity index (χ1) is 13.9. The Morgan fingerprint density at radius 2 is 1.72 bits per heavy atom. The second-order valence-electron chi connectivity index (χ2n) is 7.06. The third kappa shape index (κ3) is 5.48. The molecule has 0 saturated heterocycles. The quantitative estimate of drug-likeness (QED) is 0.641. The predicted molar refractivity (Wildman–Crippen MR) is 114 cm³/mol. The molecule has 0 aliphatic carbocycles. The van der Waals surface area contributed by atoms with E-state index in [4.69, 9.17) is 4.42 Å². The molecule has 0 unspecified atom stereocenters. The average molecular weight is 391 g/mol. The van der Waals surface area contributed by atoms with Crippen LogP contribution in [0.25, 0.3) is 0 Å². The number of hydrogen-bond acceptors (Lipinski definition) is 4. The third-order valence-electron chi connectivity index (χ3n) is 4.48. The van der Waals surface area contributed by atoms with E-state index in [1.54, 1.807) is 42.7 Å². The van der Waals surface area contributed by atoms with Gasteiger partial charge in [-0.25, -0.2) is 0 Å². The highest BCUT2D eigenvalue weighted by atomic mass is 16.3. The maximum absolute atomic E-state index is 12.6. The number of likely N-dealkylation sites (N-methyl/N-ethyl adjacent to an activating group) is 1. The Labute approximate surface area is 170 Å². The number of rotatable bonds is 7. The summed E-state index contributed by atoms with van der Waals surface area (Å²) in [5.41, 5.74) is 4.14. The summed E-state index contributed by atoms with van der Waals surface area (Å²) < 4.78 is 5.23. The van der Waals surface area contributed by atoms with Crippen molar-refractivity contribution in [2.75, 3.05) is 23.8 Å². The number of carbonyl (C=O) groups is 2. The highest BCUT2D eigenvalue weighted by Crippen LogP contribution is 2.19. The molecule has 3 rings (SSSR count). The lowest BCUT2D eigenvalue weighted by Crippen LogP contribution is -2.31. The van der Waals surface area contributed by atoms with Crippen LogP contribution in [0.15, 0.2) is 65.3 Å². The highest BCUT2D eigenvalue weighted by molar-refractivity contribution is 6.04. The summed E-state index contributed by atoms with van der Waals surface area (Å²) in [6.45, 7) is 4.51. The number of benzene rings is 2. The smallest absolute Gasteiger partial charge is 0.253 e. The molecule has 0 aliphatic rings. The van der Waals surface area contributed by atoms with Gasteiger partial charge in [-0.1, -0.05) is 18.2 Å². The first-order valence-corrected chi connectivity index (χ1v) is 9.41. The van der Waals surface area contributed by atoms with Crippen molar-refractivity contribution in [3.63, 3.8) is 0 Å². The van der Waals surface area contributed by atoms with E-state index < -0.39 is 0 Å². The Balaban J connectivity index is 1.65. The molecule has 0 atom stereocenters. The fourth-order valence-electron chi connectivity index (χ4n) is 3.13. The molecule has 0 bridgehead atoms. The third-order valence-corrected chi connectivity index (χ3v) is 4.48. The van der Waals surface area contributed by atoms with Crippen molar-refractivity contribution in [1.82, 2.24) is 5.32 Å². The van der Waals surface area contributed by atoms with Crippen LogP contribution >= 0.6 is 0 Å². The minimum absolute atomic E-state index is 0.172. The average Bonchev–Trinajstić information content (AvgIpc) is 3.19. The van der Waals surface area contributed by atoms with Crippen molar-refractivity contribution >= 4 is 23.2 Å². The molecule has 1 aromatic heterocycles. The van der Waals surface area contributed by atoms with Crippen molar-refractivity contribution in [2.45, 2.75) is 20.4 Å². The standard InChI is InChI=1S/C23H25N3O3/c1-16-11-17(2)13-18(12-16)26(3)15-22(27)25-21-9-5-4-8-20(21)23(28)24-14-19-7-6-10-29-19/h4-13H,14-15H2,1-3H3,(H,24,28)(H,25,27). The molecule has 0 aliphatic heterocycles. The second kappa shape index (κ2) is 9.10. The number of aryl methyl sites for hydroxylation is 2. The lowest BCUT2D eigenvalue weighted by Gasteiger charge is -2.20. The molecule has 0 fully saturated rings. The van der Waals surface area contributed by atoms with Gasteiger partial charge < -0.3 is 20.0 Å². The zero-order chi connectivity index (χ0) is 20.8. The van der Waals surface area contributed by atoms with Gasteiger partial charge in [0.05, 0.1) is 30.6 Å². The van der Waals surface area contributed by atoms with Gasteiger partial charge in [-0.15, -0.1) is 0 Å². The minimum Gasteiger partial charge on any atom is -0.467 e. The Morgan fingerprint density at radius 1 is 1.00 bits per heavy atom. The van der Waals surface area contributed by atoms with Crippen LogP contribution in [0.2, 0.25) is 0 Å². The summed E-state index contributed by atoms with van der Waals surface area (Å²) in [6.07, 6.45) is 1.56. The summed E-state index contributed by atoms with van der Waals surface area (Å²) >= 11 is 0. The predicted octanol–water partition coefficient (Wildman–Crippen LogP) is 3.90. The number of nitrogens with one attached hydrogen (secondary N) is 2. The molecule has 2 amide bonds. The summed E-state index contributed by atoms with van der Waals surface area (Å²) in [7, 11) is 1.87. The van der Waals surface area contributed by atoms with Crippen LogP contribution < -0.4 is 15.5 Å². The monoisotopic (exact) mass is 391 g/mol. The first-order valence-electron chi connectivity index (χ1n) is 9.41. The molecule has 6 heteroatoms. The molecular weight excluding hydrogens is 366 g/mol. The molecule has 0 spiro atoms. The van der Waals surface area contributed by atoms with Gasteiger partial charge in [-0.2, -0.15) is 0 Å². The van der Waals surface area contributed by atoms with Crippen molar-refractivity contribution in [2.24, 2.45) is 0 Å². The first kappa shape index (κ1) is 20.2. The fraction of sp³-hybridized carbons (Fsp3) is 0.217. The Morgan fingerprint density at radius 3 is 2.41 bits per heavy atom. The second-order valence-corrected chi connectivity index (χ2v) is 7.06. The zero-order valence-corrected chi connectivity index (χ0v) is 16.9. The van der Waals surface area contributed by atoms with Crippen LogP contribution in [-0.4, -0.2) is 25.4 Å². The maximum Gasteiger partial charge on any atom is 0.253 e.